The minimum absolute atomic E-state index is 0. The van der Waals surface area contributed by atoms with Crippen LogP contribution >= 0.6 is 24.0 Å². The normalized spacial score (nSPS) is 24.9. The topological polar surface area (TPSA) is 43.1 Å². The minimum atomic E-state index is -0.756. The van der Waals surface area contributed by atoms with Gasteiger partial charge in [-0.25, -0.2) is 0 Å². The number of allylic oxidation sites excluding steroid dienone is 2. The highest BCUT2D eigenvalue weighted by Crippen LogP contribution is 2.34. The first-order valence-corrected chi connectivity index (χ1v) is 6.40. The highest BCUT2D eigenvalue weighted by molar-refractivity contribution is 6.30. The number of halogens is 2. The predicted octanol–water partition coefficient (Wildman–Crippen LogP) is 3.43. The first kappa shape index (κ1) is 16.0. The molecule has 0 bridgehead atoms. The molecule has 0 radical (unpaired) electrons. The molecule has 102 valence electrons. The minimum Gasteiger partial charge on any atom is -0.323 e. The monoisotopic (exact) mass is 297 g/mol. The van der Waals surface area contributed by atoms with Crippen molar-refractivity contribution in [3.63, 3.8) is 0 Å². The van der Waals surface area contributed by atoms with E-state index in [1.807, 2.05) is 43.4 Å². The molecule has 19 heavy (non-hydrogen) atoms. The lowest BCUT2D eigenvalue weighted by Crippen LogP contribution is -2.49. The number of hydrogen-bond donors (Lipinski definition) is 1. The average Bonchev–Trinajstić information content (AvgIpc) is 2.40. The highest BCUT2D eigenvalue weighted by Gasteiger charge is 2.41. The molecule has 1 aliphatic rings. The van der Waals surface area contributed by atoms with Gasteiger partial charge in [0, 0.05) is 17.5 Å². The lowest BCUT2D eigenvalue weighted by molar-refractivity contribution is -0.123. The Kier molecular flexibility index (Phi) is 5.36. The first-order valence-electron chi connectivity index (χ1n) is 6.02. The van der Waals surface area contributed by atoms with E-state index in [9.17, 15) is 4.79 Å². The van der Waals surface area contributed by atoms with Gasteiger partial charge in [-0.15, -0.1) is 12.4 Å². The number of ketones is 1. The van der Waals surface area contributed by atoms with Crippen LogP contribution in [0.2, 0.25) is 5.02 Å². The van der Waals surface area contributed by atoms with Gasteiger partial charge in [0.1, 0.15) is 5.78 Å². The van der Waals surface area contributed by atoms with Crippen molar-refractivity contribution < 1.29 is 4.79 Å². The number of Topliss-reactive ketones (excluding diaryl/α,β-unsaturated/α-hetero) is 1. The summed E-state index contributed by atoms with van der Waals surface area (Å²) in [4.78, 5) is 12.4. The van der Waals surface area contributed by atoms with Crippen molar-refractivity contribution in [3.05, 3.63) is 59.2 Å². The molecule has 2 rings (SSSR count). The highest BCUT2D eigenvalue weighted by atomic mass is 35.5. The molecule has 0 aliphatic heterocycles. The van der Waals surface area contributed by atoms with Crippen molar-refractivity contribution in [3.8, 4) is 0 Å². The summed E-state index contributed by atoms with van der Waals surface area (Å²) in [6, 6.07) is 7.00. The second kappa shape index (κ2) is 6.38. The van der Waals surface area contributed by atoms with Gasteiger partial charge in [-0.05, 0) is 17.7 Å². The molecule has 2 N–H and O–H groups in total. The predicted molar refractivity (Wildman–Crippen MR) is 81.9 cm³/mol. The lowest BCUT2D eigenvalue weighted by Gasteiger charge is -2.35. The Balaban J connectivity index is 0.00000180. The maximum Gasteiger partial charge on any atom is 0.148 e. The third-order valence-corrected chi connectivity index (χ3v) is 3.67. The number of carbonyl (C=O) groups is 1. The summed E-state index contributed by atoms with van der Waals surface area (Å²) in [5.41, 5.74) is 6.31. The van der Waals surface area contributed by atoms with E-state index in [0.717, 1.165) is 5.56 Å². The van der Waals surface area contributed by atoms with Gasteiger partial charge in [0.15, 0.2) is 0 Å². The Bertz CT molecular complexity index is 507. The van der Waals surface area contributed by atoms with Crippen LogP contribution in [0, 0.1) is 0 Å². The zero-order valence-corrected chi connectivity index (χ0v) is 12.2. The maximum atomic E-state index is 12.4. The second-order valence-electron chi connectivity index (χ2n) is 4.42. The van der Waals surface area contributed by atoms with Crippen LogP contribution in [0.15, 0.2) is 48.6 Å². The van der Waals surface area contributed by atoms with Gasteiger partial charge in [0.25, 0.3) is 0 Å². The van der Waals surface area contributed by atoms with Crippen LogP contribution in [-0.2, 0) is 10.2 Å². The van der Waals surface area contributed by atoms with Gasteiger partial charge >= 0.3 is 0 Å². The van der Waals surface area contributed by atoms with Crippen molar-refractivity contribution in [1.29, 1.82) is 0 Å². The van der Waals surface area contributed by atoms with E-state index >= 15 is 0 Å². The van der Waals surface area contributed by atoms with E-state index in [1.54, 1.807) is 12.1 Å². The van der Waals surface area contributed by atoms with E-state index in [4.69, 9.17) is 17.3 Å². The third-order valence-electron chi connectivity index (χ3n) is 3.42. The zero-order chi connectivity index (χ0) is 13.2. The standard InChI is InChI=1S/C15H16ClNO.ClH/c1-2-14(18)15(10-4-3-5-13(15)17)11-6-8-12(16)9-7-11;/h3-10,13H,2,17H2,1H3;1H. The van der Waals surface area contributed by atoms with Crippen LogP contribution in [0.25, 0.3) is 0 Å². The molecule has 1 aliphatic carbocycles. The molecule has 0 spiro atoms. The maximum absolute atomic E-state index is 12.4. The second-order valence-corrected chi connectivity index (χ2v) is 4.86. The van der Waals surface area contributed by atoms with Crippen molar-refractivity contribution in [2.24, 2.45) is 5.73 Å². The van der Waals surface area contributed by atoms with Crippen LogP contribution in [0.1, 0.15) is 18.9 Å². The molecule has 0 heterocycles. The number of nitrogens with two attached hydrogens (primary N) is 1. The van der Waals surface area contributed by atoms with Gasteiger partial charge in [-0.1, -0.05) is 55.0 Å². The third kappa shape index (κ3) is 2.76. The van der Waals surface area contributed by atoms with Crippen LogP contribution < -0.4 is 5.73 Å². The summed E-state index contributed by atoms with van der Waals surface area (Å²) in [7, 11) is 0. The molecule has 0 saturated carbocycles. The summed E-state index contributed by atoms with van der Waals surface area (Å²) >= 11 is 5.90. The van der Waals surface area contributed by atoms with Crippen molar-refractivity contribution >= 4 is 29.8 Å². The molecule has 4 heteroatoms. The number of carbonyl (C=O) groups excluding carboxylic acids is 1. The fourth-order valence-corrected chi connectivity index (χ4v) is 2.53. The van der Waals surface area contributed by atoms with E-state index < -0.39 is 5.41 Å². The van der Waals surface area contributed by atoms with Gasteiger partial charge in [-0.3, -0.25) is 4.79 Å². The Morgan fingerprint density at radius 2 is 1.95 bits per heavy atom. The van der Waals surface area contributed by atoms with Crippen molar-refractivity contribution in [2.45, 2.75) is 24.8 Å². The number of benzene rings is 1. The van der Waals surface area contributed by atoms with Crippen molar-refractivity contribution in [1.82, 2.24) is 0 Å². The summed E-state index contributed by atoms with van der Waals surface area (Å²) in [5, 5.41) is 0.654. The molecule has 0 fully saturated rings. The lowest BCUT2D eigenvalue weighted by atomic mass is 9.68. The quantitative estimate of drug-likeness (QED) is 0.929. The van der Waals surface area contributed by atoms with E-state index in [1.165, 1.54) is 0 Å². The molecule has 2 unspecified atom stereocenters. The molecular formula is C15H17Cl2NO. The molecule has 0 aromatic heterocycles. The molecule has 0 amide bonds. The number of hydrogen-bond acceptors (Lipinski definition) is 2. The van der Waals surface area contributed by atoms with Gasteiger partial charge in [0.05, 0.1) is 5.41 Å². The Morgan fingerprint density at radius 3 is 2.47 bits per heavy atom. The van der Waals surface area contributed by atoms with Gasteiger partial charge in [0.2, 0.25) is 0 Å². The van der Waals surface area contributed by atoms with E-state index in [2.05, 4.69) is 0 Å². The Morgan fingerprint density at radius 1 is 1.32 bits per heavy atom. The fourth-order valence-electron chi connectivity index (χ4n) is 2.40. The summed E-state index contributed by atoms with van der Waals surface area (Å²) in [6.07, 6.45) is 7.97. The Labute approximate surface area is 124 Å². The SMILES string of the molecule is CCC(=O)C1(c2ccc(Cl)cc2)C=CC=CC1N.Cl. The molecule has 1 aromatic rings. The summed E-state index contributed by atoms with van der Waals surface area (Å²) in [6.45, 7) is 1.86. The largest absolute Gasteiger partial charge is 0.323 e. The smallest absolute Gasteiger partial charge is 0.148 e. The summed E-state index contributed by atoms with van der Waals surface area (Å²) in [5.74, 6) is 0.123. The fraction of sp³-hybridized carbons (Fsp3) is 0.267. The Hall–Kier alpha value is -1.09. The summed E-state index contributed by atoms with van der Waals surface area (Å²) < 4.78 is 0. The molecule has 2 atom stereocenters. The molecule has 2 nitrogen and oxygen atoms in total. The van der Waals surface area contributed by atoms with Gasteiger partial charge < -0.3 is 5.73 Å². The first-order chi connectivity index (χ1) is 8.61. The average molecular weight is 298 g/mol. The van der Waals surface area contributed by atoms with Crippen LogP contribution in [0.5, 0.6) is 0 Å². The van der Waals surface area contributed by atoms with Crippen LogP contribution in [-0.4, -0.2) is 11.8 Å². The van der Waals surface area contributed by atoms with E-state index in [0.29, 0.717) is 11.4 Å². The van der Waals surface area contributed by atoms with E-state index in [-0.39, 0.29) is 24.2 Å². The van der Waals surface area contributed by atoms with Crippen LogP contribution in [0.4, 0.5) is 0 Å². The zero-order valence-electron chi connectivity index (χ0n) is 10.7. The van der Waals surface area contributed by atoms with Crippen LogP contribution in [0.3, 0.4) is 0 Å². The molecule has 1 aromatic carbocycles. The number of rotatable bonds is 3. The van der Waals surface area contributed by atoms with Crippen molar-refractivity contribution in [2.75, 3.05) is 0 Å². The van der Waals surface area contributed by atoms with Gasteiger partial charge in [-0.2, -0.15) is 0 Å². The molecular weight excluding hydrogens is 281 g/mol. The molecule has 0 saturated heterocycles.